The molecule has 0 aromatic heterocycles. The van der Waals surface area contributed by atoms with E-state index in [1.54, 1.807) is 5.32 Å². The van der Waals surface area contributed by atoms with Gasteiger partial charge in [0.15, 0.2) is 4.75 Å². The van der Waals surface area contributed by atoms with Gasteiger partial charge in [0.05, 0.1) is 12.3 Å². The maximum Gasteiger partial charge on any atom is 0.409 e. The third-order valence-corrected chi connectivity index (χ3v) is 6.89. The molecule has 0 saturated heterocycles. The van der Waals surface area contributed by atoms with Crippen molar-refractivity contribution < 1.29 is 35.9 Å². The SMILES string of the molecule is Cc1cc(C2=NSC(c3cc(Cl)cc(Cl)c3)(C(F)(F)F)C2)ccc1C(=O)NCC(=O)NCC(F)(F)F. The molecule has 0 saturated carbocycles. The molecule has 2 amide bonds. The van der Waals surface area contributed by atoms with E-state index in [0.717, 1.165) is 0 Å². The van der Waals surface area contributed by atoms with Crippen molar-refractivity contribution in [2.45, 2.75) is 30.4 Å². The number of benzene rings is 2. The molecule has 0 bridgehead atoms. The van der Waals surface area contributed by atoms with Crippen LogP contribution in [0.15, 0.2) is 40.8 Å². The largest absolute Gasteiger partial charge is 0.409 e. The van der Waals surface area contributed by atoms with E-state index in [4.69, 9.17) is 23.2 Å². The van der Waals surface area contributed by atoms with Gasteiger partial charge in [-0.3, -0.25) is 9.59 Å². The Hall–Kier alpha value is -2.44. The summed E-state index contributed by atoms with van der Waals surface area (Å²) in [4.78, 5) is 23.9. The summed E-state index contributed by atoms with van der Waals surface area (Å²) < 4.78 is 80.9. The maximum atomic E-state index is 14.2. The normalized spacial score (nSPS) is 18.1. The van der Waals surface area contributed by atoms with E-state index in [0.29, 0.717) is 23.1 Å². The van der Waals surface area contributed by atoms with Gasteiger partial charge in [0.25, 0.3) is 5.91 Å². The molecule has 0 radical (unpaired) electrons. The van der Waals surface area contributed by atoms with Crippen LogP contribution in [-0.4, -0.2) is 43.0 Å². The highest BCUT2D eigenvalue weighted by molar-refractivity contribution is 7.99. The third kappa shape index (κ3) is 6.46. The molecule has 36 heavy (non-hydrogen) atoms. The molecule has 1 aliphatic rings. The van der Waals surface area contributed by atoms with Crippen LogP contribution in [0.2, 0.25) is 10.0 Å². The van der Waals surface area contributed by atoms with Crippen LogP contribution in [0.1, 0.15) is 33.5 Å². The summed E-state index contributed by atoms with van der Waals surface area (Å²) in [5.74, 6) is -1.76. The second-order valence-corrected chi connectivity index (χ2v) is 9.83. The van der Waals surface area contributed by atoms with Crippen molar-refractivity contribution in [3.63, 3.8) is 0 Å². The fourth-order valence-corrected chi connectivity index (χ4v) is 4.95. The molecule has 1 unspecified atom stereocenters. The second kappa shape index (κ2) is 10.5. The maximum absolute atomic E-state index is 14.2. The minimum absolute atomic E-state index is 0.0495. The summed E-state index contributed by atoms with van der Waals surface area (Å²) >= 11 is 12.2. The van der Waals surface area contributed by atoms with E-state index in [1.165, 1.54) is 43.3 Å². The quantitative estimate of drug-likeness (QED) is 0.329. The number of nitrogens with zero attached hydrogens (tertiary/aromatic N) is 1. The van der Waals surface area contributed by atoms with Crippen LogP contribution in [0.5, 0.6) is 0 Å². The fourth-order valence-electron chi connectivity index (χ4n) is 3.46. The molecule has 1 aliphatic heterocycles. The van der Waals surface area contributed by atoms with Crippen molar-refractivity contribution in [3.05, 3.63) is 68.7 Å². The molecule has 3 rings (SSSR count). The lowest BCUT2D eigenvalue weighted by molar-refractivity contribution is -0.159. The predicted molar refractivity (Wildman–Crippen MR) is 126 cm³/mol. The first-order valence-electron chi connectivity index (χ1n) is 10.1. The smallest absolute Gasteiger partial charge is 0.345 e. The van der Waals surface area contributed by atoms with E-state index >= 15 is 0 Å². The fraction of sp³-hybridized carbons (Fsp3) is 0.318. The zero-order chi connectivity index (χ0) is 26.9. The molecule has 194 valence electrons. The summed E-state index contributed by atoms with van der Waals surface area (Å²) in [5, 5.41) is 3.93. The highest BCUT2D eigenvalue weighted by Crippen LogP contribution is 2.57. The first-order chi connectivity index (χ1) is 16.6. The zero-order valence-corrected chi connectivity index (χ0v) is 20.6. The summed E-state index contributed by atoms with van der Waals surface area (Å²) in [7, 11) is 0. The Morgan fingerprint density at radius 2 is 1.67 bits per heavy atom. The minimum atomic E-state index is -4.70. The zero-order valence-electron chi connectivity index (χ0n) is 18.3. The second-order valence-electron chi connectivity index (χ2n) is 7.89. The number of nitrogens with one attached hydrogen (secondary N) is 2. The Labute approximate surface area is 215 Å². The highest BCUT2D eigenvalue weighted by Gasteiger charge is 2.60. The lowest BCUT2D eigenvalue weighted by atomic mass is 9.89. The molecular formula is C22H17Cl2F6N3O2S. The van der Waals surface area contributed by atoms with E-state index in [2.05, 4.69) is 9.71 Å². The molecule has 2 aromatic rings. The van der Waals surface area contributed by atoms with E-state index in [9.17, 15) is 35.9 Å². The number of amides is 2. The topological polar surface area (TPSA) is 70.6 Å². The first kappa shape index (κ1) is 28.1. The molecule has 0 spiro atoms. The molecule has 2 aromatic carbocycles. The number of carbonyl (C=O) groups excluding carboxylic acids is 2. The van der Waals surface area contributed by atoms with Crippen molar-refractivity contribution in [3.8, 4) is 0 Å². The van der Waals surface area contributed by atoms with Crippen LogP contribution in [-0.2, 0) is 9.54 Å². The monoisotopic (exact) mass is 571 g/mol. The van der Waals surface area contributed by atoms with Crippen molar-refractivity contribution in [1.82, 2.24) is 10.6 Å². The van der Waals surface area contributed by atoms with Crippen LogP contribution in [0, 0.1) is 6.92 Å². The molecule has 1 atom stereocenters. The van der Waals surface area contributed by atoms with Crippen molar-refractivity contribution in [1.29, 1.82) is 0 Å². The predicted octanol–water partition coefficient (Wildman–Crippen LogP) is 6.01. The number of rotatable bonds is 6. The Morgan fingerprint density at radius 3 is 2.22 bits per heavy atom. The molecule has 5 nitrogen and oxygen atoms in total. The Bertz CT molecular complexity index is 1200. The van der Waals surface area contributed by atoms with Crippen LogP contribution in [0.25, 0.3) is 0 Å². The van der Waals surface area contributed by atoms with Gasteiger partial charge in [0.2, 0.25) is 5.91 Å². The summed E-state index contributed by atoms with van der Waals surface area (Å²) in [6.45, 7) is -0.690. The number of hydrogen-bond acceptors (Lipinski definition) is 4. The Balaban J connectivity index is 1.75. The Kier molecular flexibility index (Phi) is 8.21. The standard InChI is InChI=1S/C22H17Cl2F6N3O2S/c1-11-4-12(2-3-16(11)19(35)31-9-18(34)32-10-21(25,26)27)17-8-20(36-33-17,22(28,29)30)13-5-14(23)7-15(24)6-13/h2-7H,8-10H2,1H3,(H,31,35)(H,32,34). The Morgan fingerprint density at radius 1 is 1.03 bits per heavy atom. The number of alkyl halides is 6. The van der Waals surface area contributed by atoms with Crippen LogP contribution < -0.4 is 10.6 Å². The third-order valence-electron chi connectivity index (χ3n) is 5.21. The van der Waals surface area contributed by atoms with Gasteiger partial charge >= 0.3 is 12.4 Å². The van der Waals surface area contributed by atoms with Crippen molar-refractivity contribution >= 4 is 52.7 Å². The molecule has 2 N–H and O–H groups in total. The van der Waals surface area contributed by atoms with Gasteiger partial charge < -0.3 is 10.6 Å². The highest BCUT2D eigenvalue weighted by atomic mass is 35.5. The van der Waals surface area contributed by atoms with E-state index < -0.39 is 48.4 Å². The van der Waals surface area contributed by atoms with Crippen LogP contribution >= 0.6 is 35.1 Å². The van der Waals surface area contributed by atoms with Gasteiger partial charge in [0.1, 0.15) is 6.54 Å². The number of halogens is 8. The van der Waals surface area contributed by atoms with Crippen molar-refractivity contribution in [2.24, 2.45) is 4.40 Å². The average molecular weight is 572 g/mol. The number of carbonyl (C=O) groups is 2. The summed E-state index contributed by atoms with van der Waals surface area (Å²) in [5.41, 5.74) is 0.794. The van der Waals surface area contributed by atoms with Gasteiger partial charge in [-0.25, -0.2) is 4.40 Å². The van der Waals surface area contributed by atoms with E-state index in [1.807, 2.05) is 0 Å². The molecule has 0 fully saturated rings. The van der Waals surface area contributed by atoms with Gasteiger partial charge in [-0.2, -0.15) is 26.3 Å². The van der Waals surface area contributed by atoms with Crippen LogP contribution in [0.3, 0.4) is 0 Å². The first-order valence-corrected chi connectivity index (χ1v) is 11.7. The van der Waals surface area contributed by atoms with Gasteiger partial charge in [-0.05, 0) is 65.9 Å². The van der Waals surface area contributed by atoms with Crippen LogP contribution in [0.4, 0.5) is 26.3 Å². The lowest BCUT2D eigenvalue weighted by Gasteiger charge is -2.30. The average Bonchev–Trinajstić information content (AvgIpc) is 3.22. The lowest BCUT2D eigenvalue weighted by Crippen LogP contribution is -2.41. The van der Waals surface area contributed by atoms with Crippen molar-refractivity contribution in [2.75, 3.05) is 13.1 Å². The van der Waals surface area contributed by atoms with Gasteiger partial charge in [-0.15, -0.1) is 0 Å². The van der Waals surface area contributed by atoms with Gasteiger partial charge in [-0.1, -0.05) is 29.3 Å². The molecule has 0 aliphatic carbocycles. The summed E-state index contributed by atoms with van der Waals surface area (Å²) in [6, 6.07) is 7.92. The number of hydrogen-bond donors (Lipinski definition) is 2. The molecule has 14 heteroatoms. The van der Waals surface area contributed by atoms with Gasteiger partial charge in [0, 0.05) is 22.0 Å². The number of aryl methyl sites for hydroxylation is 1. The minimum Gasteiger partial charge on any atom is -0.345 e. The molecule has 1 heterocycles. The molecular weight excluding hydrogens is 555 g/mol. The summed E-state index contributed by atoms with van der Waals surface area (Å²) in [6.07, 6.45) is -9.79. The van der Waals surface area contributed by atoms with E-state index in [-0.39, 0.29) is 26.9 Å².